The van der Waals surface area contributed by atoms with Crippen LogP contribution >= 0.6 is 0 Å². The van der Waals surface area contributed by atoms with E-state index in [9.17, 15) is 4.79 Å². The predicted octanol–water partition coefficient (Wildman–Crippen LogP) is 3.11. The molecule has 1 aromatic rings. The first kappa shape index (κ1) is 15.8. The molecule has 1 aliphatic heterocycles. The summed E-state index contributed by atoms with van der Waals surface area (Å²) in [5.41, 5.74) is 7.63. The number of nitrogens with zero attached hydrogens (tertiary/aromatic N) is 1. The van der Waals surface area contributed by atoms with Crippen LogP contribution in [0.15, 0.2) is 24.3 Å². The van der Waals surface area contributed by atoms with Gasteiger partial charge in [-0.25, -0.2) is 0 Å². The van der Waals surface area contributed by atoms with Crippen LogP contribution in [0.5, 0.6) is 0 Å². The van der Waals surface area contributed by atoms with Crippen LogP contribution in [0.4, 0.5) is 11.4 Å². The van der Waals surface area contributed by atoms with Gasteiger partial charge in [-0.15, -0.1) is 0 Å². The van der Waals surface area contributed by atoms with Crippen LogP contribution in [0.1, 0.15) is 39.5 Å². The molecule has 1 heterocycles. The Morgan fingerprint density at radius 1 is 1.33 bits per heavy atom. The van der Waals surface area contributed by atoms with E-state index in [4.69, 9.17) is 5.73 Å². The molecule has 0 atom stereocenters. The molecule has 1 aromatic carbocycles. The number of nitrogen functional groups attached to an aromatic ring is 1. The Morgan fingerprint density at radius 3 is 2.71 bits per heavy atom. The fraction of sp³-hybridized carbons (Fsp3) is 0.588. The van der Waals surface area contributed by atoms with Crippen molar-refractivity contribution in [3.05, 3.63) is 24.3 Å². The van der Waals surface area contributed by atoms with Gasteiger partial charge in [0.1, 0.15) is 0 Å². The SMILES string of the molecule is CC1(C)CCN(CCCC(=O)Nc2cccc(N)c2)CC1. The van der Waals surface area contributed by atoms with E-state index >= 15 is 0 Å². The number of piperidine rings is 1. The molecule has 0 saturated carbocycles. The minimum absolute atomic E-state index is 0.0675. The molecule has 116 valence electrons. The van der Waals surface area contributed by atoms with Crippen LogP contribution in [0.2, 0.25) is 0 Å². The molecule has 1 aliphatic rings. The second-order valence-electron chi connectivity index (χ2n) is 6.78. The molecule has 0 aliphatic carbocycles. The molecule has 4 heteroatoms. The highest BCUT2D eigenvalue weighted by Gasteiger charge is 2.24. The second-order valence-corrected chi connectivity index (χ2v) is 6.78. The van der Waals surface area contributed by atoms with Crippen LogP contribution < -0.4 is 11.1 Å². The zero-order valence-electron chi connectivity index (χ0n) is 13.2. The number of likely N-dealkylation sites (tertiary alicyclic amines) is 1. The smallest absolute Gasteiger partial charge is 0.224 e. The van der Waals surface area contributed by atoms with Gasteiger partial charge in [0.05, 0.1) is 0 Å². The van der Waals surface area contributed by atoms with Crippen LogP contribution in [0.25, 0.3) is 0 Å². The average Bonchev–Trinajstić information content (AvgIpc) is 2.41. The maximum Gasteiger partial charge on any atom is 0.224 e. The van der Waals surface area contributed by atoms with Gasteiger partial charge in [-0.1, -0.05) is 19.9 Å². The van der Waals surface area contributed by atoms with Crippen molar-refractivity contribution in [3.63, 3.8) is 0 Å². The van der Waals surface area contributed by atoms with Crippen LogP contribution in [0.3, 0.4) is 0 Å². The lowest BCUT2D eigenvalue weighted by molar-refractivity contribution is -0.116. The number of carbonyl (C=O) groups excluding carboxylic acids is 1. The van der Waals surface area contributed by atoms with Gasteiger partial charge in [0.2, 0.25) is 5.91 Å². The van der Waals surface area contributed by atoms with E-state index in [1.807, 2.05) is 18.2 Å². The number of hydrogen-bond donors (Lipinski definition) is 2. The number of anilines is 2. The van der Waals surface area contributed by atoms with Crippen LogP contribution in [-0.4, -0.2) is 30.4 Å². The molecule has 0 aromatic heterocycles. The van der Waals surface area contributed by atoms with Gasteiger partial charge in [0.15, 0.2) is 0 Å². The lowest BCUT2D eigenvalue weighted by Crippen LogP contribution is -2.38. The highest BCUT2D eigenvalue weighted by molar-refractivity contribution is 5.91. The molecule has 1 fully saturated rings. The molecule has 21 heavy (non-hydrogen) atoms. The molecule has 1 amide bonds. The number of nitrogens with two attached hydrogens (primary N) is 1. The van der Waals surface area contributed by atoms with E-state index in [2.05, 4.69) is 24.1 Å². The molecular weight excluding hydrogens is 262 g/mol. The predicted molar refractivity (Wildman–Crippen MR) is 88.2 cm³/mol. The van der Waals surface area contributed by atoms with E-state index in [0.717, 1.165) is 31.7 Å². The molecular formula is C17H27N3O. The Labute approximate surface area is 127 Å². The summed E-state index contributed by atoms with van der Waals surface area (Å²) in [7, 11) is 0. The fourth-order valence-electron chi connectivity index (χ4n) is 2.69. The summed E-state index contributed by atoms with van der Waals surface area (Å²) >= 11 is 0. The zero-order valence-corrected chi connectivity index (χ0v) is 13.2. The van der Waals surface area contributed by atoms with Crippen LogP contribution in [-0.2, 0) is 4.79 Å². The van der Waals surface area contributed by atoms with Crippen molar-refractivity contribution >= 4 is 17.3 Å². The minimum atomic E-state index is 0.0675. The highest BCUT2D eigenvalue weighted by atomic mass is 16.1. The summed E-state index contributed by atoms with van der Waals surface area (Å²) in [5, 5.41) is 2.90. The topological polar surface area (TPSA) is 58.4 Å². The van der Waals surface area contributed by atoms with Crippen molar-refractivity contribution in [1.82, 2.24) is 4.90 Å². The summed E-state index contributed by atoms with van der Waals surface area (Å²) in [6, 6.07) is 7.31. The number of rotatable bonds is 5. The standard InChI is InChI=1S/C17H27N3O/c1-17(2)8-11-20(12-9-17)10-4-7-16(21)19-15-6-3-5-14(18)13-15/h3,5-6,13H,4,7-12,18H2,1-2H3,(H,19,21). The first-order chi connectivity index (χ1) is 9.94. The molecule has 0 radical (unpaired) electrons. The third-order valence-corrected chi connectivity index (χ3v) is 4.26. The van der Waals surface area contributed by atoms with Gasteiger partial charge < -0.3 is 16.0 Å². The number of hydrogen-bond acceptors (Lipinski definition) is 3. The Hall–Kier alpha value is -1.55. The van der Waals surface area contributed by atoms with Gasteiger partial charge in [0.25, 0.3) is 0 Å². The zero-order chi connectivity index (χ0) is 15.3. The van der Waals surface area contributed by atoms with Crippen molar-refractivity contribution in [1.29, 1.82) is 0 Å². The molecule has 2 rings (SSSR count). The maximum absolute atomic E-state index is 11.9. The maximum atomic E-state index is 11.9. The third kappa shape index (κ3) is 5.38. The van der Waals surface area contributed by atoms with Gasteiger partial charge >= 0.3 is 0 Å². The average molecular weight is 289 g/mol. The number of benzene rings is 1. The molecule has 0 bridgehead atoms. The normalized spacial score (nSPS) is 18.4. The summed E-state index contributed by atoms with van der Waals surface area (Å²) in [6.45, 7) is 8.00. The Balaban J connectivity index is 1.66. The van der Waals surface area contributed by atoms with E-state index in [-0.39, 0.29) is 5.91 Å². The van der Waals surface area contributed by atoms with Crippen molar-refractivity contribution in [2.24, 2.45) is 5.41 Å². The summed E-state index contributed by atoms with van der Waals surface area (Å²) in [4.78, 5) is 14.4. The number of amides is 1. The lowest BCUT2D eigenvalue weighted by atomic mass is 9.82. The quantitative estimate of drug-likeness (QED) is 0.819. The summed E-state index contributed by atoms with van der Waals surface area (Å²) < 4.78 is 0. The highest BCUT2D eigenvalue weighted by Crippen LogP contribution is 2.29. The molecule has 1 saturated heterocycles. The Morgan fingerprint density at radius 2 is 2.05 bits per heavy atom. The second kappa shape index (κ2) is 6.94. The van der Waals surface area contributed by atoms with E-state index < -0.39 is 0 Å². The molecule has 0 spiro atoms. The van der Waals surface area contributed by atoms with E-state index in [1.165, 1.54) is 12.8 Å². The van der Waals surface area contributed by atoms with Crippen molar-refractivity contribution in [2.75, 3.05) is 30.7 Å². The van der Waals surface area contributed by atoms with Crippen molar-refractivity contribution in [3.8, 4) is 0 Å². The molecule has 0 unspecified atom stereocenters. The largest absolute Gasteiger partial charge is 0.399 e. The first-order valence-electron chi connectivity index (χ1n) is 7.82. The van der Waals surface area contributed by atoms with Gasteiger partial charge in [-0.05, 0) is 62.5 Å². The molecule has 4 nitrogen and oxygen atoms in total. The first-order valence-corrected chi connectivity index (χ1v) is 7.82. The van der Waals surface area contributed by atoms with Gasteiger partial charge in [-0.2, -0.15) is 0 Å². The molecule has 3 N–H and O–H groups in total. The third-order valence-electron chi connectivity index (χ3n) is 4.26. The lowest BCUT2D eigenvalue weighted by Gasteiger charge is -2.36. The van der Waals surface area contributed by atoms with E-state index in [1.54, 1.807) is 6.07 Å². The minimum Gasteiger partial charge on any atom is -0.399 e. The van der Waals surface area contributed by atoms with Crippen molar-refractivity contribution in [2.45, 2.75) is 39.5 Å². The summed E-state index contributed by atoms with van der Waals surface area (Å²) in [5.74, 6) is 0.0675. The van der Waals surface area contributed by atoms with Gasteiger partial charge in [-0.3, -0.25) is 4.79 Å². The fourth-order valence-corrected chi connectivity index (χ4v) is 2.69. The Kier molecular flexibility index (Phi) is 5.23. The van der Waals surface area contributed by atoms with Crippen LogP contribution in [0, 0.1) is 5.41 Å². The van der Waals surface area contributed by atoms with Gasteiger partial charge in [0, 0.05) is 17.8 Å². The Bertz CT molecular complexity index is 475. The van der Waals surface area contributed by atoms with Crippen molar-refractivity contribution < 1.29 is 4.79 Å². The monoisotopic (exact) mass is 289 g/mol. The number of carbonyl (C=O) groups is 1. The number of nitrogens with one attached hydrogen (secondary N) is 1. The van der Waals surface area contributed by atoms with E-state index in [0.29, 0.717) is 17.5 Å². The summed E-state index contributed by atoms with van der Waals surface area (Å²) in [6.07, 6.45) is 3.98.